The quantitative estimate of drug-likeness (QED) is 0.806. The zero-order valence-corrected chi connectivity index (χ0v) is 10.1. The maximum Gasteiger partial charge on any atom is 0.151 e. The topological polar surface area (TPSA) is 29.3 Å². The molecule has 0 bridgehead atoms. The molecule has 1 atom stereocenters. The Morgan fingerprint density at radius 1 is 1.12 bits per heavy atom. The molecule has 2 nitrogen and oxygen atoms in total. The molecule has 0 saturated heterocycles. The summed E-state index contributed by atoms with van der Waals surface area (Å²) in [5, 5.41) is 0. The Balaban J connectivity index is 3.13. The van der Waals surface area contributed by atoms with E-state index in [-0.39, 0.29) is 17.4 Å². The lowest BCUT2D eigenvalue weighted by Crippen LogP contribution is -2.34. The molecule has 0 amide bonds. The van der Waals surface area contributed by atoms with Gasteiger partial charge in [-0.15, -0.1) is 0 Å². The van der Waals surface area contributed by atoms with E-state index in [1.807, 2.05) is 20.8 Å². The minimum atomic E-state index is -0.618. The van der Waals surface area contributed by atoms with Gasteiger partial charge in [-0.2, -0.15) is 0 Å². The second-order valence-electron chi connectivity index (χ2n) is 4.43. The second-order valence-corrected chi connectivity index (χ2v) is 4.43. The van der Waals surface area contributed by atoms with E-state index in [9.17, 15) is 8.78 Å². The van der Waals surface area contributed by atoms with E-state index in [0.717, 1.165) is 12.1 Å². The van der Waals surface area contributed by atoms with Gasteiger partial charge < -0.3 is 10.6 Å². The maximum atomic E-state index is 13.6. The van der Waals surface area contributed by atoms with Crippen LogP contribution < -0.4 is 10.6 Å². The molecular weight excluding hydrogens is 210 g/mol. The standard InChI is InChI=1S/C12H18F2N2/c1-7(2)8(3)16(4)12-10(13)5-9(15)6-11(12)14/h5-8H,15H2,1-4H3. The van der Waals surface area contributed by atoms with E-state index in [4.69, 9.17) is 5.73 Å². The minimum absolute atomic E-state index is 0.0181. The zero-order valence-electron chi connectivity index (χ0n) is 10.1. The normalized spacial score (nSPS) is 12.9. The van der Waals surface area contributed by atoms with Gasteiger partial charge in [-0.05, 0) is 25.0 Å². The molecule has 1 rings (SSSR count). The largest absolute Gasteiger partial charge is 0.399 e. The first-order chi connectivity index (χ1) is 7.34. The first kappa shape index (κ1) is 12.7. The van der Waals surface area contributed by atoms with Crippen molar-refractivity contribution in [1.82, 2.24) is 0 Å². The average Bonchev–Trinajstić information content (AvgIpc) is 2.14. The van der Waals surface area contributed by atoms with E-state index < -0.39 is 11.6 Å². The van der Waals surface area contributed by atoms with Crippen molar-refractivity contribution in [2.24, 2.45) is 5.92 Å². The molecule has 0 saturated carbocycles. The number of nitrogen functional groups attached to an aromatic ring is 1. The Bertz CT molecular complexity index is 354. The molecule has 90 valence electrons. The SMILES string of the molecule is CC(C)C(C)N(C)c1c(F)cc(N)cc1F. The molecule has 0 aliphatic rings. The molecule has 16 heavy (non-hydrogen) atoms. The molecule has 0 aromatic heterocycles. The van der Waals surface area contributed by atoms with E-state index in [2.05, 4.69) is 0 Å². The number of anilines is 2. The number of hydrogen-bond acceptors (Lipinski definition) is 2. The molecule has 1 aromatic rings. The van der Waals surface area contributed by atoms with Gasteiger partial charge in [0.15, 0.2) is 11.6 Å². The molecule has 0 fully saturated rings. The lowest BCUT2D eigenvalue weighted by Gasteiger charge is -2.30. The van der Waals surface area contributed by atoms with Crippen LogP contribution in [0.15, 0.2) is 12.1 Å². The van der Waals surface area contributed by atoms with Gasteiger partial charge in [0, 0.05) is 18.8 Å². The van der Waals surface area contributed by atoms with Crippen LogP contribution in [0.3, 0.4) is 0 Å². The number of nitrogens with zero attached hydrogens (tertiary/aromatic N) is 1. The molecular formula is C12H18F2N2. The van der Waals surface area contributed by atoms with E-state index >= 15 is 0 Å². The molecule has 0 radical (unpaired) electrons. The highest BCUT2D eigenvalue weighted by Gasteiger charge is 2.20. The number of nitrogens with two attached hydrogens (primary N) is 1. The summed E-state index contributed by atoms with van der Waals surface area (Å²) in [6.07, 6.45) is 0. The van der Waals surface area contributed by atoms with Gasteiger partial charge in [-0.1, -0.05) is 13.8 Å². The summed E-state index contributed by atoms with van der Waals surface area (Å²) >= 11 is 0. The highest BCUT2D eigenvalue weighted by Crippen LogP contribution is 2.27. The molecule has 0 aliphatic carbocycles. The molecule has 0 aliphatic heterocycles. The summed E-state index contributed by atoms with van der Waals surface area (Å²) in [6, 6.07) is 2.33. The third kappa shape index (κ3) is 2.43. The molecule has 4 heteroatoms. The van der Waals surface area contributed by atoms with Crippen molar-refractivity contribution in [3.63, 3.8) is 0 Å². The van der Waals surface area contributed by atoms with Crippen molar-refractivity contribution in [3.8, 4) is 0 Å². The van der Waals surface area contributed by atoms with E-state index in [0.29, 0.717) is 5.92 Å². The van der Waals surface area contributed by atoms with Crippen molar-refractivity contribution < 1.29 is 8.78 Å². The second kappa shape index (κ2) is 4.68. The lowest BCUT2D eigenvalue weighted by molar-refractivity contribution is 0.486. The molecule has 0 heterocycles. The average molecular weight is 228 g/mol. The monoisotopic (exact) mass is 228 g/mol. The van der Waals surface area contributed by atoms with Gasteiger partial charge in [0.05, 0.1) is 0 Å². The van der Waals surface area contributed by atoms with E-state index in [1.165, 1.54) is 0 Å². The van der Waals surface area contributed by atoms with Crippen LogP contribution in [0.25, 0.3) is 0 Å². The van der Waals surface area contributed by atoms with Crippen LogP contribution >= 0.6 is 0 Å². The van der Waals surface area contributed by atoms with E-state index in [1.54, 1.807) is 11.9 Å². The summed E-state index contributed by atoms with van der Waals surface area (Å²) in [4.78, 5) is 1.61. The Labute approximate surface area is 95.1 Å². The number of halogens is 2. The Morgan fingerprint density at radius 2 is 1.56 bits per heavy atom. The smallest absolute Gasteiger partial charge is 0.151 e. The first-order valence-electron chi connectivity index (χ1n) is 5.32. The predicted molar refractivity (Wildman–Crippen MR) is 63.5 cm³/mol. The van der Waals surface area contributed by atoms with Gasteiger partial charge >= 0.3 is 0 Å². The Hall–Kier alpha value is -1.32. The van der Waals surface area contributed by atoms with Crippen molar-refractivity contribution in [1.29, 1.82) is 0 Å². The third-order valence-corrected chi connectivity index (χ3v) is 2.97. The third-order valence-electron chi connectivity index (χ3n) is 2.97. The van der Waals surface area contributed by atoms with Crippen LogP contribution in [0, 0.1) is 17.6 Å². The number of rotatable bonds is 3. The summed E-state index contributed by atoms with van der Waals surface area (Å²) in [7, 11) is 1.68. The van der Waals surface area contributed by atoms with Crippen LogP contribution in [0.4, 0.5) is 20.2 Å². The summed E-state index contributed by atoms with van der Waals surface area (Å²) < 4.78 is 27.2. The van der Waals surface area contributed by atoms with Crippen molar-refractivity contribution in [3.05, 3.63) is 23.8 Å². The number of hydrogen-bond donors (Lipinski definition) is 1. The minimum Gasteiger partial charge on any atom is -0.399 e. The highest BCUT2D eigenvalue weighted by molar-refractivity contribution is 5.55. The van der Waals surface area contributed by atoms with Gasteiger partial charge in [-0.25, -0.2) is 8.78 Å². The maximum absolute atomic E-state index is 13.6. The van der Waals surface area contributed by atoms with Crippen LogP contribution in [0.1, 0.15) is 20.8 Å². The predicted octanol–water partition coefficient (Wildman–Crippen LogP) is 3.03. The van der Waals surface area contributed by atoms with Crippen molar-refractivity contribution in [2.45, 2.75) is 26.8 Å². The molecule has 1 unspecified atom stereocenters. The number of benzene rings is 1. The van der Waals surface area contributed by atoms with Crippen LogP contribution in [-0.2, 0) is 0 Å². The fourth-order valence-corrected chi connectivity index (χ4v) is 1.57. The van der Waals surface area contributed by atoms with Crippen LogP contribution in [0.2, 0.25) is 0 Å². The zero-order chi connectivity index (χ0) is 12.5. The van der Waals surface area contributed by atoms with Gasteiger partial charge in [-0.3, -0.25) is 0 Å². The van der Waals surface area contributed by atoms with Gasteiger partial charge in [0.1, 0.15) is 5.69 Å². The first-order valence-corrected chi connectivity index (χ1v) is 5.32. The van der Waals surface area contributed by atoms with Crippen LogP contribution in [0.5, 0.6) is 0 Å². The summed E-state index contributed by atoms with van der Waals surface area (Å²) in [6.45, 7) is 5.95. The Morgan fingerprint density at radius 3 is 1.94 bits per heavy atom. The molecule has 0 spiro atoms. The van der Waals surface area contributed by atoms with Crippen LogP contribution in [-0.4, -0.2) is 13.1 Å². The fourth-order valence-electron chi connectivity index (χ4n) is 1.57. The lowest BCUT2D eigenvalue weighted by atomic mass is 10.0. The molecule has 1 aromatic carbocycles. The highest BCUT2D eigenvalue weighted by atomic mass is 19.1. The van der Waals surface area contributed by atoms with Crippen molar-refractivity contribution >= 4 is 11.4 Å². The Kier molecular flexibility index (Phi) is 3.73. The van der Waals surface area contributed by atoms with Gasteiger partial charge in [0.25, 0.3) is 0 Å². The fraction of sp³-hybridized carbons (Fsp3) is 0.500. The molecule has 2 N–H and O–H groups in total. The van der Waals surface area contributed by atoms with Gasteiger partial charge in [0.2, 0.25) is 0 Å². The van der Waals surface area contributed by atoms with Crippen molar-refractivity contribution in [2.75, 3.05) is 17.7 Å². The summed E-state index contributed by atoms with van der Waals surface area (Å²) in [5.41, 5.74) is 5.45. The summed E-state index contributed by atoms with van der Waals surface area (Å²) in [5.74, 6) is -0.929.